The summed E-state index contributed by atoms with van der Waals surface area (Å²) in [5, 5.41) is 3.66. The third kappa shape index (κ3) is 4.90. The van der Waals surface area contributed by atoms with Crippen LogP contribution in [0.3, 0.4) is 0 Å². The van der Waals surface area contributed by atoms with Gasteiger partial charge in [0, 0.05) is 28.4 Å². The number of nitrogens with zero attached hydrogens (tertiary/aromatic N) is 2. The van der Waals surface area contributed by atoms with Gasteiger partial charge in [0.25, 0.3) is 5.91 Å². The second kappa shape index (κ2) is 7.94. The fourth-order valence-electron chi connectivity index (χ4n) is 2.38. The van der Waals surface area contributed by atoms with E-state index >= 15 is 0 Å². The highest BCUT2D eigenvalue weighted by Gasteiger charge is 2.07. The quantitative estimate of drug-likeness (QED) is 0.539. The molecule has 1 aromatic heterocycles. The zero-order valence-electron chi connectivity index (χ0n) is 14.2. The molecule has 0 fully saturated rings. The average molecular weight is 349 g/mol. The Kier molecular flexibility index (Phi) is 5.46. The van der Waals surface area contributed by atoms with Crippen LogP contribution < -0.4 is 5.32 Å². The van der Waals surface area contributed by atoms with Crippen LogP contribution in [0.5, 0.6) is 0 Å². The van der Waals surface area contributed by atoms with E-state index in [1.54, 1.807) is 11.8 Å². The molecular weight excluding hydrogens is 330 g/mol. The van der Waals surface area contributed by atoms with Gasteiger partial charge < -0.3 is 5.32 Å². The van der Waals surface area contributed by atoms with Gasteiger partial charge in [-0.25, -0.2) is 9.97 Å². The van der Waals surface area contributed by atoms with Crippen molar-refractivity contribution in [2.45, 2.75) is 24.8 Å². The Morgan fingerprint density at radius 3 is 2.24 bits per heavy atom. The Labute approximate surface area is 151 Å². The molecule has 0 saturated heterocycles. The van der Waals surface area contributed by atoms with Gasteiger partial charge >= 0.3 is 0 Å². The molecule has 0 atom stereocenters. The molecule has 0 aliphatic heterocycles. The van der Waals surface area contributed by atoms with Crippen LogP contribution in [-0.4, -0.2) is 15.9 Å². The lowest BCUT2D eigenvalue weighted by Gasteiger charge is -2.06. The maximum Gasteiger partial charge on any atom is 0.255 e. The monoisotopic (exact) mass is 349 g/mol. The summed E-state index contributed by atoms with van der Waals surface area (Å²) < 4.78 is 0. The molecule has 5 heteroatoms. The summed E-state index contributed by atoms with van der Waals surface area (Å²) in [4.78, 5) is 21.1. The Morgan fingerprint density at radius 1 is 0.960 bits per heavy atom. The normalized spacial score (nSPS) is 10.5. The van der Waals surface area contributed by atoms with Gasteiger partial charge in [0.1, 0.15) is 0 Å². The lowest BCUT2D eigenvalue weighted by Crippen LogP contribution is -2.11. The van der Waals surface area contributed by atoms with Crippen molar-refractivity contribution in [2.24, 2.45) is 0 Å². The molecule has 1 N–H and O–H groups in total. The highest BCUT2D eigenvalue weighted by atomic mass is 32.2. The molecule has 1 amide bonds. The largest absolute Gasteiger partial charge is 0.322 e. The molecule has 0 aliphatic rings. The fraction of sp³-hybridized carbons (Fsp3) is 0.150. The third-order valence-corrected chi connectivity index (χ3v) is 4.50. The minimum absolute atomic E-state index is 0.108. The molecule has 2 aromatic carbocycles. The summed E-state index contributed by atoms with van der Waals surface area (Å²) in [7, 11) is 0. The first-order chi connectivity index (χ1) is 12.1. The minimum atomic E-state index is -0.108. The molecule has 3 aromatic rings. The van der Waals surface area contributed by atoms with Crippen LogP contribution in [0.25, 0.3) is 0 Å². The zero-order chi connectivity index (χ0) is 17.6. The van der Waals surface area contributed by atoms with Crippen molar-refractivity contribution >= 4 is 23.4 Å². The smallest absolute Gasteiger partial charge is 0.255 e. The number of hydrogen-bond donors (Lipinski definition) is 1. The molecule has 25 heavy (non-hydrogen) atoms. The second-order valence-corrected chi connectivity index (χ2v) is 6.68. The van der Waals surface area contributed by atoms with E-state index in [1.165, 1.54) is 0 Å². The van der Waals surface area contributed by atoms with Crippen LogP contribution in [0.1, 0.15) is 27.3 Å². The van der Waals surface area contributed by atoms with Gasteiger partial charge in [0.2, 0.25) is 0 Å². The number of carbonyl (C=O) groups excluding carboxylic acids is 1. The Hall–Kier alpha value is -2.66. The molecule has 0 spiro atoms. The van der Waals surface area contributed by atoms with Crippen molar-refractivity contribution < 1.29 is 4.79 Å². The first-order valence-electron chi connectivity index (χ1n) is 8.00. The first-order valence-corrected chi connectivity index (χ1v) is 8.99. The summed E-state index contributed by atoms with van der Waals surface area (Å²) in [6.45, 7) is 3.94. The molecule has 126 valence electrons. The summed E-state index contributed by atoms with van der Waals surface area (Å²) >= 11 is 1.60. The van der Waals surface area contributed by atoms with E-state index in [0.29, 0.717) is 5.56 Å². The molecule has 1 heterocycles. The number of para-hydroxylation sites is 1. The average Bonchev–Trinajstić information content (AvgIpc) is 2.60. The van der Waals surface area contributed by atoms with E-state index in [-0.39, 0.29) is 5.91 Å². The minimum Gasteiger partial charge on any atom is -0.322 e. The lowest BCUT2D eigenvalue weighted by atomic mass is 10.1. The Bertz CT molecular complexity index is 844. The number of aryl methyl sites for hydroxylation is 2. The highest BCUT2D eigenvalue weighted by molar-refractivity contribution is 7.98. The third-order valence-electron chi connectivity index (χ3n) is 3.58. The van der Waals surface area contributed by atoms with E-state index < -0.39 is 0 Å². The summed E-state index contributed by atoms with van der Waals surface area (Å²) in [6, 6.07) is 19.0. The summed E-state index contributed by atoms with van der Waals surface area (Å²) in [5.74, 6) is 0.659. The zero-order valence-corrected chi connectivity index (χ0v) is 15.0. The van der Waals surface area contributed by atoms with Gasteiger partial charge in [-0.1, -0.05) is 42.1 Å². The molecule has 3 rings (SSSR count). The predicted octanol–water partition coefficient (Wildman–Crippen LogP) is 4.64. The van der Waals surface area contributed by atoms with Crippen LogP contribution in [0.15, 0.2) is 65.8 Å². The van der Waals surface area contributed by atoms with Crippen molar-refractivity contribution in [3.05, 3.63) is 83.2 Å². The second-order valence-electron chi connectivity index (χ2n) is 5.74. The molecule has 0 saturated carbocycles. The van der Waals surface area contributed by atoms with Gasteiger partial charge in [0.15, 0.2) is 5.16 Å². The topological polar surface area (TPSA) is 54.9 Å². The van der Waals surface area contributed by atoms with Crippen molar-refractivity contribution in [3.63, 3.8) is 0 Å². The van der Waals surface area contributed by atoms with E-state index in [4.69, 9.17) is 0 Å². The fourth-order valence-corrected chi connectivity index (χ4v) is 3.29. The molecular formula is C20H19N3OS. The Balaban J connectivity index is 1.61. The maximum atomic E-state index is 12.2. The summed E-state index contributed by atoms with van der Waals surface area (Å²) in [5.41, 5.74) is 4.51. The lowest BCUT2D eigenvalue weighted by molar-refractivity contribution is 0.102. The molecule has 0 radical (unpaired) electrons. The van der Waals surface area contributed by atoms with E-state index in [1.807, 2.05) is 74.5 Å². The number of rotatable bonds is 5. The number of nitrogens with one attached hydrogen (secondary N) is 1. The van der Waals surface area contributed by atoms with Crippen LogP contribution in [0.4, 0.5) is 5.69 Å². The number of amides is 1. The maximum absolute atomic E-state index is 12.2. The van der Waals surface area contributed by atoms with Crippen molar-refractivity contribution in [1.29, 1.82) is 0 Å². The predicted molar refractivity (Wildman–Crippen MR) is 102 cm³/mol. The summed E-state index contributed by atoms with van der Waals surface area (Å²) in [6.07, 6.45) is 0. The van der Waals surface area contributed by atoms with Gasteiger partial charge in [0.05, 0.1) is 0 Å². The van der Waals surface area contributed by atoms with E-state index in [0.717, 1.165) is 33.5 Å². The molecule has 0 bridgehead atoms. The SMILES string of the molecule is Cc1cc(C)nc(SCc2ccc(C(=O)Nc3ccccc3)cc2)n1. The van der Waals surface area contributed by atoms with Crippen molar-refractivity contribution in [1.82, 2.24) is 9.97 Å². The van der Waals surface area contributed by atoms with E-state index in [9.17, 15) is 4.79 Å². The van der Waals surface area contributed by atoms with Gasteiger partial charge in [-0.05, 0) is 49.7 Å². The number of carbonyl (C=O) groups is 1. The molecule has 0 aliphatic carbocycles. The number of benzene rings is 2. The van der Waals surface area contributed by atoms with Gasteiger partial charge in [-0.3, -0.25) is 4.79 Å². The standard InChI is InChI=1S/C20H19N3OS/c1-14-12-15(2)22-20(21-14)25-13-16-8-10-17(11-9-16)19(24)23-18-6-4-3-5-7-18/h3-12H,13H2,1-2H3,(H,23,24). The van der Waals surface area contributed by atoms with E-state index in [2.05, 4.69) is 15.3 Å². The van der Waals surface area contributed by atoms with Gasteiger partial charge in [-0.2, -0.15) is 0 Å². The van der Waals surface area contributed by atoms with Gasteiger partial charge in [-0.15, -0.1) is 0 Å². The highest BCUT2D eigenvalue weighted by Crippen LogP contribution is 2.20. The number of hydrogen-bond acceptors (Lipinski definition) is 4. The van der Waals surface area contributed by atoms with Crippen LogP contribution in [0, 0.1) is 13.8 Å². The molecule has 4 nitrogen and oxygen atoms in total. The first kappa shape index (κ1) is 17.2. The van der Waals surface area contributed by atoms with Crippen LogP contribution in [-0.2, 0) is 5.75 Å². The van der Waals surface area contributed by atoms with Crippen LogP contribution >= 0.6 is 11.8 Å². The number of anilines is 1. The van der Waals surface area contributed by atoms with Crippen molar-refractivity contribution in [2.75, 3.05) is 5.32 Å². The number of thioether (sulfide) groups is 1. The Morgan fingerprint density at radius 2 is 1.60 bits per heavy atom. The number of aromatic nitrogens is 2. The molecule has 0 unspecified atom stereocenters. The van der Waals surface area contributed by atoms with Crippen LogP contribution in [0.2, 0.25) is 0 Å². The van der Waals surface area contributed by atoms with Crippen molar-refractivity contribution in [3.8, 4) is 0 Å².